The molecule has 464 valence electrons. The largest absolute Gasteiger partial charge is 0.462 e. The van der Waals surface area contributed by atoms with Gasteiger partial charge in [0.25, 0.3) is 11.8 Å². The maximum absolute atomic E-state index is 14.5. The molecule has 2 aromatic carbocycles. The molecule has 9 atom stereocenters. The van der Waals surface area contributed by atoms with Crippen LogP contribution in [0.1, 0.15) is 123 Å². The van der Waals surface area contributed by atoms with Crippen LogP contribution in [0, 0.1) is 24.7 Å². The number of hydroxylamine groups is 2. The summed E-state index contributed by atoms with van der Waals surface area (Å²) in [6, 6.07) is 8.01. The number of pyridine rings is 1. The first-order valence-corrected chi connectivity index (χ1v) is 29.2. The van der Waals surface area contributed by atoms with Crippen LogP contribution in [0.2, 0.25) is 5.02 Å². The van der Waals surface area contributed by atoms with Gasteiger partial charge in [-0.25, -0.2) is 14.4 Å². The molecule has 0 aliphatic carbocycles. The number of amides is 8. The summed E-state index contributed by atoms with van der Waals surface area (Å²) in [6.07, 6.45) is 2.16. The Kier molecular flexibility index (Phi) is 21.9. The summed E-state index contributed by atoms with van der Waals surface area (Å²) < 4.78 is 24.2. The number of methoxy groups -OCH3 is 1. The minimum Gasteiger partial charge on any atom is -0.462 e. The first kappa shape index (κ1) is 65.7. The van der Waals surface area contributed by atoms with Crippen LogP contribution >= 0.6 is 11.6 Å². The van der Waals surface area contributed by atoms with Gasteiger partial charge in [0, 0.05) is 82.6 Å². The summed E-state index contributed by atoms with van der Waals surface area (Å²) in [6.45, 7) is 10.8. The Hall–Kier alpha value is -7.80. The minimum atomic E-state index is -1.65. The Labute approximate surface area is 503 Å². The first-order valence-electron chi connectivity index (χ1n) is 28.8. The number of hydrogen-bond donors (Lipinski definition) is 6. The molecule has 0 radical (unpaired) electrons. The zero-order valence-electron chi connectivity index (χ0n) is 49.7. The van der Waals surface area contributed by atoms with Crippen molar-refractivity contribution in [3.8, 4) is 0 Å². The van der Waals surface area contributed by atoms with E-state index in [2.05, 4.69) is 26.3 Å². The average molecular weight is 1210 g/mol. The number of ether oxygens (including phenoxy) is 4. The number of allylic oxidation sites excluding steroid dienone is 3. The summed E-state index contributed by atoms with van der Waals surface area (Å²) in [5.74, 6) is -6.43. The van der Waals surface area contributed by atoms with Gasteiger partial charge in [0.1, 0.15) is 41.3 Å². The molecule has 7 N–H and O–H groups in total. The quantitative estimate of drug-likeness (QED) is 0.0295. The molecule has 25 heteroatoms. The predicted molar refractivity (Wildman–Crippen MR) is 315 cm³/mol. The number of anilines is 3. The van der Waals surface area contributed by atoms with Crippen molar-refractivity contribution in [2.75, 3.05) is 36.2 Å². The number of nitrogens with zero attached hydrogens (tertiary/aromatic N) is 3. The van der Waals surface area contributed by atoms with Crippen LogP contribution < -0.4 is 31.9 Å². The van der Waals surface area contributed by atoms with Crippen LogP contribution in [-0.4, -0.2) is 137 Å². The van der Waals surface area contributed by atoms with Crippen molar-refractivity contribution >= 4 is 98.9 Å². The van der Waals surface area contributed by atoms with Crippen molar-refractivity contribution in [1.82, 2.24) is 20.7 Å². The molecule has 1 aromatic heterocycles. The monoisotopic (exact) mass is 1210 g/mol. The SMILES string of the molecule is CO[C@@H]1/C=C/C=C(\C)Cc2cc(C)c(Cl)c(c2)N(C)C(=O)C[C@H](OC(=O)Nc2ccc(NC(=O)[C@H](CCCNC(N)=O)NC(=O)[C@@H](CC(=O)CCCCC(=O)ON3C(=O)CCC3=O)C(C)C)c3ncccc23)[C@]2(C)O[C@H]2[C@H](C)[C@@H]2C[C@@]1(O)CC(=O)O2. The molecule has 4 bridgehead atoms. The van der Waals surface area contributed by atoms with Crippen LogP contribution in [0.5, 0.6) is 0 Å². The molecule has 3 saturated heterocycles. The third kappa shape index (κ3) is 16.4. The molecule has 4 aliphatic rings. The van der Waals surface area contributed by atoms with Gasteiger partial charge >= 0.3 is 24.1 Å². The predicted octanol–water partition coefficient (Wildman–Crippen LogP) is 6.74. The number of carbonyl (C=O) groups is 10. The molecule has 8 amide bonds. The van der Waals surface area contributed by atoms with E-state index >= 15 is 0 Å². The molecule has 24 nitrogen and oxygen atoms in total. The molecular formula is C61H77ClN8O16. The van der Waals surface area contributed by atoms with Crippen LogP contribution in [0.15, 0.2) is 66.4 Å². The number of esters is 1. The lowest BCUT2D eigenvalue weighted by molar-refractivity contribution is -0.197. The number of urea groups is 1. The Bertz CT molecular complexity index is 3170. The molecule has 5 heterocycles. The van der Waals surface area contributed by atoms with Gasteiger partial charge in [0.2, 0.25) is 17.7 Å². The first-order chi connectivity index (χ1) is 40.7. The van der Waals surface area contributed by atoms with Crippen molar-refractivity contribution in [2.24, 2.45) is 23.5 Å². The average Bonchev–Trinajstić information content (AvgIpc) is 1.63. The van der Waals surface area contributed by atoms with E-state index in [-0.39, 0.29) is 112 Å². The van der Waals surface area contributed by atoms with Gasteiger partial charge in [-0.05, 0) is 100 Å². The van der Waals surface area contributed by atoms with Gasteiger partial charge in [-0.15, -0.1) is 5.06 Å². The van der Waals surface area contributed by atoms with E-state index in [1.165, 1.54) is 30.3 Å². The summed E-state index contributed by atoms with van der Waals surface area (Å²) in [5, 5.41) is 24.1. The highest BCUT2D eigenvalue weighted by molar-refractivity contribution is 6.34. The van der Waals surface area contributed by atoms with E-state index in [1.54, 1.807) is 59.0 Å². The number of aliphatic hydroxyl groups is 1. The van der Waals surface area contributed by atoms with E-state index < -0.39 is 107 Å². The standard InChI is InChI=1S/C61H77ClN8O16/c1-33(2)40(29-38(71)15-9-10-19-51(75)86-70-48(72)22-23-49(70)73)56(77)67-43(17-13-25-65-58(63)79)57(78)66-42-21-20-41(39-16-12-24-64-54(39)42)68-59(80)84-47-30-50(74)69(7)44-28-37(27-35(4)53(44)62)26-34(3)14-11-18-46(82-8)61(81)31-45(83-52(76)32-61)36(5)55-60(47,6)85-55/h11-12,14,16,18,20-21,24,27-28,33,36,40,43,45-47,55,81H,9-10,13,15,17,19,22-23,25-26,29-32H2,1-8H3,(H,66,78)(H,67,77)(H,68,80)(H3,63,65,79)/b18-11+,34-14+/t36-,40+,43+,45+,46-,47+,55+,60+,61-/m1/s1. The highest BCUT2D eigenvalue weighted by Crippen LogP contribution is 2.50. The van der Waals surface area contributed by atoms with Gasteiger partial charge < -0.3 is 55.5 Å². The Morgan fingerprint density at radius 3 is 2.36 bits per heavy atom. The summed E-state index contributed by atoms with van der Waals surface area (Å²) in [7, 11) is 3.03. The van der Waals surface area contributed by atoms with E-state index in [1.807, 2.05) is 32.1 Å². The number of nitrogens with two attached hydrogens (primary N) is 1. The minimum absolute atomic E-state index is 0.00917. The van der Waals surface area contributed by atoms with Crippen molar-refractivity contribution in [2.45, 2.75) is 167 Å². The maximum Gasteiger partial charge on any atom is 0.412 e. The zero-order chi connectivity index (χ0) is 62.8. The molecule has 3 aromatic rings. The van der Waals surface area contributed by atoms with Crippen LogP contribution in [0.25, 0.3) is 10.9 Å². The van der Waals surface area contributed by atoms with E-state index in [4.69, 9.17) is 41.1 Å². The molecule has 86 heavy (non-hydrogen) atoms. The number of unbranched alkanes of at least 4 members (excludes halogenated alkanes) is 1. The summed E-state index contributed by atoms with van der Waals surface area (Å²) in [5.41, 5.74) is 5.87. The number of carbonyl (C=O) groups excluding carboxylic acids is 10. The van der Waals surface area contributed by atoms with Gasteiger partial charge in [-0.2, -0.15) is 0 Å². The molecule has 4 aliphatic heterocycles. The number of fused-ring (bicyclic) bond motifs is 6. The number of aromatic nitrogens is 1. The molecule has 0 spiro atoms. The second-order valence-corrected chi connectivity index (χ2v) is 23.5. The highest BCUT2D eigenvalue weighted by atomic mass is 35.5. The molecule has 0 saturated carbocycles. The number of halogens is 1. The molecular weight excluding hydrogens is 1140 g/mol. The molecule has 0 unspecified atom stereocenters. The number of primary amides is 1. The Morgan fingerprint density at radius 2 is 1.66 bits per heavy atom. The van der Waals surface area contributed by atoms with Gasteiger partial charge in [0.05, 0.1) is 46.5 Å². The van der Waals surface area contributed by atoms with Gasteiger partial charge in [0.15, 0.2) is 0 Å². The second kappa shape index (κ2) is 28.6. The lowest BCUT2D eigenvalue weighted by Crippen LogP contribution is -2.53. The smallest absolute Gasteiger partial charge is 0.412 e. The highest BCUT2D eigenvalue weighted by Gasteiger charge is 2.64. The lowest BCUT2D eigenvalue weighted by atomic mass is 9.78. The molecule has 3 fully saturated rings. The van der Waals surface area contributed by atoms with E-state index in [9.17, 15) is 53.1 Å². The maximum atomic E-state index is 14.5. The fourth-order valence-electron chi connectivity index (χ4n) is 11.2. The van der Waals surface area contributed by atoms with Crippen LogP contribution in [0.3, 0.4) is 0 Å². The van der Waals surface area contributed by atoms with Crippen molar-refractivity contribution < 1.29 is 76.8 Å². The lowest BCUT2D eigenvalue weighted by Gasteiger charge is -2.41. The number of rotatable bonds is 20. The second-order valence-electron chi connectivity index (χ2n) is 23.1. The fourth-order valence-corrected chi connectivity index (χ4v) is 11.4. The Balaban J connectivity index is 1.08. The number of imide groups is 1. The van der Waals surface area contributed by atoms with Gasteiger partial charge in [-0.1, -0.05) is 62.2 Å². The number of hydrogen-bond acceptors (Lipinski definition) is 17. The Morgan fingerprint density at radius 1 is 0.953 bits per heavy atom. The normalized spacial score (nSPS) is 25.0. The third-order valence-electron chi connectivity index (χ3n) is 16.2. The van der Waals surface area contributed by atoms with E-state index in [0.29, 0.717) is 27.6 Å². The third-order valence-corrected chi connectivity index (χ3v) is 16.7. The number of nitrogens with one attached hydrogen (secondary N) is 4. The summed E-state index contributed by atoms with van der Waals surface area (Å²) >= 11 is 6.88. The number of ketones is 1. The van der Waals surface area contributed by atoms with E-state index in [0.717, 1.165) is 16.7 Å². The van der Waals surface area contributed by atoms with Gasteiger partial charge in [-0.3, -0.25) is 43.9 Å². The summed E-state index contributed by atoms with van der Waals surface area (Å²) in [4.78, 5) is 142. The number of aryl methyl sites for hydroxylation is 1. The number of epoxide rings is 1. The zero-order valence-corrected chi connectivity index (χ0v) is 50.4. The topological polar surface area (TPSA) is 334 Å². The number of benzene rings is 2. The van der Waals surface area contributed by atoms with Crippen LogP contribution in [-0.2, 0) is 68.6 Å². The molecule has 7 rings (SSSR count). The van der Waals surface area contributed by atoms with Crippen molar-refractivity contribution in [3.05, 3.63) is 82.5 Å². The number of Topliss-reactive ketones (excluding diaryl/α,β-unsaturated/α-hetero) is 1. The van der Waals surface area contributed by atoms with Crippen molar-refractivity contribution in [3.63, 3.8) is 0 Å². The van der Waals surface area contributed by atoms with Crippen LogP contribution in [0.4, 0.5) is 26.7 Å². The fraction of sp³-hybridized carbons (Fsp3) is 0.525. The van der Waals surface area contributed by atoms with Crippen molar-refractivity contribution in [1.29, 1.82) is 0 Å².